The lowest BCUT2D eigenvalue weighted by atomic mass is 10.0. The van der Waals surface area contributed by atoms with Crippen molar-refractivity contribution in [3.8, 4) is 0 Å². The van der Waals surface area contributed by atoms with Crippen LogP contribution in [0.4, 0.5) is 0 Å². The van der Waals surface area contributed by atoms with Crippen LogP contribution < -0.4 is 10.9 Å². The van der Waals surface area contributed by atoms with E-state index in [9.17, 15) is 14.4 Å². The van der Waals surface area contributed by atoms with Gasteiger partial charge in [-0.3, -0.25) is 9.59 Å². The number of H-pyrrole nitrogens is 2. The van der Waals surface area contributed by atoms with Crippen LogP contribution in [0.2, 0.25) is 0 Å². The average molecular weight is 410 g/mol. The van der Waals surface area contributed by atoms with Crippen LogP contribution in [0.25, 0.3) is 21.1 Å². The smallest absolute Gasteiger partial charge is 0.329 e. The number of nitrogens with zero attached hydrogens (tertiary/aromatic N) is 1. The van der Waals surface area contributed by atoms with E-state index in [1.54, 1.807) is 11.4 Å². The summed E-state index contributed by atoms with van der Waals surface area (Å²) >= 11 is 1.30. The summed E-state index contributed by atoms with van der Waals surface area (Å²) in [5.74, 6) is -0.681. The fourth-order valence-electron chi connectivity index (χ4n) is 3.19. The molecule has 1 amide bonds. The maximum Gasteiger partial charge on any atom is 0.329 e. The van der Waals surface area contributed by atoms with Gasteiger partial charge in [-0.25, -0.2) is 9.78 Å². The first-order valence-corrected chi connectivity index (χ1v) is 9.84. The van der Waals surface area contributed by atoms with Gasteiger partial charge in [0, 0.05) is 30.4 Å². The van der Waals surface area contributed by atoms with Crippen molar-refractivity contribution in [3.63, 3.8) is 0 Å². The lowest BCUT2D eigenvalue weighted by Crippen LogP contribution is -2.42. The van der Waals surface area contributed by atoms with Crippen molar-refractivity contribution in [1.29, 1.82) is 0 Å². The molecule has 0 aliphatic rings. The molecule has 1 atom stereocenters. The average Bonchev–Trinajstić information content (AvgIpc) is 3.33. The molecule has 0 spiro atoms. The van der Waals surface area contributed by atoms with Gasteiger partial charge in [0.1, 0.15) is 23.2 Å². The van der Waals surface area contributed by atoms with Crippen LogP contribution in [0.1, 0.15) is 18.3 Å². The number of ether oxygens (including phenoxy) is 1. The van der Waals surface area contributed by atoms with Gasteiger partial charge in [0.25, 0.3) is 5.56 Å². The Balaban J connectivity index is 1.50. The zero-order valence-corrected chi connectivity index (χ0v) is 16.3. The second-order valence-electron chi connectivity index (χ2n) is 6.57. The molecule has 0 bridgehead atoms. The minimum atomic E-state index is -0.858. The highest BCUT2D eigenvalue weighted by Crippen LogP contribution is 2.19. The number of aromatic nitrogens is 3. The van der Waals surface area contributed by atoms with E-state index in [4.69, 9.17) is 4.74 Å². The summed E-state index contributed by atoms with van der Waals surface area (Å²) < 4.78 is 5.86. The molecular formula is C20H18N4O4S. The van der Waals surface area contributed by atoms with Gasteiger partial charge in [-0.2, -0.15) is 0 Å². The minimum absolute atomic E-state index is 0.191. The number of nitrogens with one attached hydrogen (secondary N) is 3. The Kier molecular flexibility index (Phi) is 5.13. The number of rotatable bonds is 6. The van der Waals surface area contributed by atoms with Crippen LogP contribution in [0, 0.1) is 0 Å². The summed E-state index contributed by atoms with van der Waals surface area (Å²) in [5.41, 5.74) is 2.13. The summed E-state index contributed by atoms with van der Waals surface area (Å²) in [6.07, 6.45) is 2.09. The van der Waals surface area contributed by atoms with Gasteiger partial charge in [-0.05, 0) is 23.1 Å². The minimum Gasteiger partial charge on any atom is -0.456 e. The highest BCUT2D eigenvalue weighted by molar-refractivity contribution is 7.17. The largest absolute Gasteiger partial charge is 0.456 e. The van der Waals surface area contributed by atoms with Gasteiger partial charge in [-0.1, -0.05) is 18.2 Å². The second kappa shape index (κ2) is 7.88. The number of amides is 1. The van der Waals surface area contributed by atoms with Crippen LogP contribution in [0.5, 0.6) is 0 Å². The molecule has 0 radical (unpaired) electrons. The van der Waals surface area contributed by atoms with E-state index in [0.717, 1.165) is 16.5 Å². The molecule has 0 unspecified atom stereocenters. The number of para-hydroxylation sites is 1. The number of carbonyl (C=O) groups excluding carboxylic acids is 2. The van der Waals surface area contributed by atoms with Gasteiger partial charge in [0.2, 0.25) is 5.91 Å². The molecule has 4 rings (SSSR count). The summed E-state index contributed by atoms with van der Waals surface area (Å²) in [7, 11) is 0. The molecule has 0 saturated heterocycles. The molecule has 3 heterocycles. The Morgan fingerprint density at radius 2 is 2.10 bits per heavy atom. The van der Waals surface area contributed by atoms with E-state index in [-0.39, 0.29) is 30.3 Å². The predicted molar refractivity (Wildman–Crippen MR) is 110 cm³/mol. The van der Waals surface area contributed by atoms with Gasteiger partial charge in [0.05, 0.1) is 5.52 Å². The number of carbonyl (C=O) groups is 2. The summed E-state index contributed by atoms with van der Waals surface area (Å²) in [4.78, 5) is 46.3. The van der Waals surface area contributed by atoms with Crippen molar-refractivity contribution in [2.24, 2.45) is 0 Å². The summed E-state index contributed by atoms with van der Waals surface area (Å²) in [6.45, 7) is 1.16. The van der Waals surface area contributed by atoms with E-state index in [1.807, 2.05) is 30.5 Å². The van der Waals surface area contributed by atoms with Crippen molar-refractivity contribution in [2.75, 3.05) is 0 Å². The van der Waals surface area contributed by atoms with Gasteiger partial charge in [0.15, 0.2) is 0 Å². The molecule has 148 valence electrons. The van der Waals surface area contributed by atoms with Crippen molar-refractivity contribution in [1.82, 2.24) is 20.3 Å². The molecule has 0 saturated carbocycles. The highest BCUT2D eigenvalue weighted by Gasteiger charge is 2.23. The third kappa shape index (κ3) is 4.04. The van der Waals surface area contributed by atoms with Crippen molar-refractivity contribution >= 4 is 44.3 Å². The zero-order chi connectivity index (χ0) is 20.4. The molecule has 0 aliphatic carbocycles. The number of hydrogen-bond acceptors (Lipinski definition) is 6. The Morgan fingerprint density at radius 1 is 1.28 bits per heavy atom. The highest BCUT2D eigenvalue weighted by atomic mass is 32.1. The Labute approximate surface area is 168 Å². The standard InChI is InChI=1S/C20H18N4O4S/c1-11(25)22-16(8-12-9-21-14-5-3-2-4-13(12)14)20(27)28-10-17-23-15-6-7-29-18(15)19(26)24-17/h2-7,9,16,21H,8,10H2,1H3,(H,22,25)(H,23,24,26)/t16-/m1/s1. The monoisotopic (exact) mass is 410 g/mol. The summed E-state index contributed by atoms with van der Waals surface area (Å²) in [5, 5.41) is 5.39. The van der Waals surface area contributed by atoms with Crippen LogP contribution in [0.3, 0.4) is 0 Å². The van der Waals surface area contributed by atoms with Gasteiger partial charge >= 0.3 is 5.97 Å². The first-order valence-electron chi connectivity index (χ1n) is 8.96. The number of aromatic amines is 2. The van der Waals surface area contributed by atoms with Crippen LogP contribution in [0.15, 0.2) is 46.7 Å². The maximum absolute atomic E-state index is 12.6. The topological polar surface area (TPSA) is 117 Å². The fraction of sp³-hybridized carbons (Fsp3) is 0.200. The van der Waals surface area contributed by atoms with E-state index in [1.165, 1.54) is 18.3 Å². The second-order valence-corrected chi connectivity index (χ2v) is 7.49. The Bertz CT molecular complexity index is 1260. The van der Waals surface area contributed by atoms with Crippen LogP contribution in [-0.2, 0) is 27.4 Å². The first-order chi connectivity index (χ1) is 14.0. The van der Waals surface area contributed by atoms with Gasteiger partial charge in [-0.15, -0.1) is 11.3 Å². The van der Waals surface area contributed by atoms with Crippen molar-refractivity contribution in [2.45, 2.75) is 26.0 Å². The number of hydrogen-bond donors (Lipinski definition) is 3. The molecule has 0 aliphatic heterocycles. The molecule has 29 heavy (non-hydrogen) atoms. The number of esters is 1. The lowest BCUT2D eigenvalue weighted by molar-refractivity contribution is -0.149. The lowest BCUT2D eigenvalue weighted by Gasteiger charge is -2.16. The third-order valence-corrected chi connectivity index (χ3v) is 5.38. The number of fused-ring (bicyclic) bond motifs is 2. The molecular weight excluding hydrogens is 392 g/mol. The van der Waals surface area contributed by atoms with Crippen LogP contribution >= 0.6 is 11.3 Å². The van der Waals surface area contributed by atoms with Crippen molar-refractivity contribution < 1.29 is 14.3 Å². The molecule has 0 fully saturated rings. The quantitative estimate of drug-likeness (QED) is 0.422. The molecule has 3 aromatic heterocycles. The molecule has 9 heteroatoms. The molecule has 3 N–H and O–H groups in total. The van der Waals surface area contributed by atoms with E-state index >= 15 is 0 Å². The van der Waals surface area contributed by atoms with Crippen molar-refractivity contribution in [3.05, 3.63) is 63.7 Å². The predicted octanol–water partition coefficient (Wildman–Crippen LogP) is 2.26. The molecule has 8 nitrogen and oxygen atoms in total. The number of thiophene rings is 1. The number of benzene rings is 1. The normalized spacial score (nSPS) is 12.2. The van der Waals surface area contributed by atoms with E-state index < -0.39 is 12.0 Å². The Hall–Kier alpha value is -3.46. The van der Waals surface area contributed by atoms with E-state index in [2.05, 4.69) is 20.3 Å². The van der Waals surface area contributed by atoms with E-state index in [0.29, 0.717) is 10.2 Å². The fourth-order valence-corrected chi connectivity index (χ4v) is 3.91. The third-order valence-electron chi connectivity index (χ3n) is 4.48. The first kappa shape index (κ1) is 18.9. The zero-order valence-electron chi connectivity index (χ0n) is 15.5. The van der Waals surface area contributed by atoms with Crippen LogP contribution in [-0.4, -0.2) is 32.9 Å². The molecule has 1 aromatic carbocycles. The molecule has 4 aromatic rings. The maximum atomic E-state index is 12.6. The SMILES string of the molecule is CC(=O)N[C@H](Cc1c[nH]c2ccccc12)C(=O)OCc1nc2ccsc2c(=O)[nH]1. The van der Waals surface area contributed by atoms with Gasteiger partial charge < -0.3 is 20.0 Å². The Morgan fingerprint density at radius 3 is 2.93 bits per heavy atom. The summed E-state index contributed by atoms with van der Waals surface area (Å²) in [6, 6.07) is 8.59.